The monoisotopic (exact) mass is 273 g/mol. The molecule has 0 aromatic heterocycles. The molecule has 0 spiro atoms. The quantitative estimate of drug-likeness (QED) is 0.731. The number of piperidine rings is 1. The topological polar surface area (TPSA) is 46.6 Å². The maximum absolute atomic E-state index is 12.0. The largest absolute Gasteiger partial charge is 0.365 e. The average molecular weight is 273 g/mol. The number of rotatable bonds is 4. The van der Waals surface area contributed by atoms with E-state index in [-0.39, 0.29) is 11.4 Å². The summed E-state index contributed by atoms with van der Waals surface area (Å²) < 4.78 is 31.1. The zero-order valence-corrected chi connectivity index (χ0v) is 12.3. The van der Waals surface area contributed by atoms with Crippen LogP contribution in [-0.4, -0.2) is 43.8 Å². The minimum atomic E-state index is -3.10. The molecule has 1 saturated heterocycles. The zero-order valence-electron chi connectivity index (χ0n) is 11.5. The highest BCUT2D eigenvalue weighted by molar-refractivity contribution is 7.89. The van der Waals surface area contributed by atoms with E-state index in [4.69, 9.17) is 4.74 Å². The Balaban J connectivity index is 2.37. The number of hydrogen-bond acceptors (Lipinski definition) is 3. The Morgan fingerprint density at radius 2 is 1.89 bits per heavy atom. The number of hydrogen-bond donors (Lipinski definition) is 0. The van der Waals surface area contributed by atoms with Crippen molar-refractivity contribution < 1.29 is 13.2 Å². The summed E-state index contributed by atoms with van der Waals surface area (Å²) in [5.41, 5.74) is 0. The molecule has 1 heterocycles. The molecule has 1 aliphatic heterocycles. The molecule has 0 amide bonds. The fourth-order valence-corrected chi connectivity index (χ4v) is 3.20. The Bertz CT molecular complexity index is 398. The molecule has 0 aromatic rings. The van der Waals surface area contributed by atoms with E-state index in [2.05, 4.69) is 11.8 Å². The highest BCUT2D eigenvalue weighted by Gasteiger charge is 2.30. The molecule has 0 atom stereocenters. The van der Waals surface area contributed by atoms with Crippen LogP contribution in [0.15, 0.2) is 0 Å². The predicted molar refractivity (Wildman–Crippen MR) is 72.7 cm³/mol. The molecule has 1 aliphatic rings. The third-order valence-corrected chi connectivity index (χ3v) is 5.33. The van der Waals surface area contributed by atoms with Gasteiger partial charge in [0.15, 0.2) is 0 Å². The maximum Gasteiger partial charge on any atom is 0.216 e. The number of nitrogens with zero attached hydrogens (tertiary/aromatic N) is 1. The fraction of sp³-hybridized carbons (Fsp3) is 0.846. The summed E-state index contributed by atoms with van der Waals surface area (Å²) in [4.78, 5) is 0. The van der Waals surface area contributed by atoms with E-state index in [1.54, 1.807) is 18.2 Å². The van der Waals surface area contributed by atoms with Crippen molar-refractivity contribution in [1.29, 1.82) is 0 Å². The van der Waals surface area contributed by atoms with Gasteiger partial charge in [0.25, 0.3) is 0 Å². The zero-order chi connectivity index (χ0) is 13.6. The van der Waals surface area contributed by atoms with Gasteiger partial charge in [0.1, 0.15) is 6.61 Å². The Labute approximate surface area is 111 Å². The number of sulfonamides is 1. The van der Waals surface area contributed by atoms with Crippen molar-refractivity contribution in [1.82, 2.24) is 4.31 Å². The van der Waals surface area contributed by atoms with Gasteiger partial charge in [-0.15, -0.1) is 5.92 Å². The average Bonchev–Trinajstić information content (AvgIpc) is 2.35. The van der Waals surface area contributed by atoms with Crippen LogP contribution in [0.3, 0.4) is 0 Å². The SMILES string of the molecule is CCC#CCOC1CCN(S(=O)(=O)C(C)C)CC1. The molecule has 5 heteroatoms. The van der Waals surface area contributed by atoms with E-state index in [9.17, 15) is 8.42 Å². The van der Waals surface area contributed by atoms with Crippen LogP contribution in [0, 0.1) is 11.8 Å². The Morgan fingerprint density at radius 1 is 1.28 bits per heavy atom. The Kier molecular flexibility index (Phi) is 6.13. The van der Waals surface area contributed by atoms with Gasteiger partial charge in [0.2, 0.25) is 10.0 Å². The van der Waals surface area contributed by atoms with Crippen molar-refractivity contribution in [3.63, 3.8) is 0 Å². The lowest BCUT2D eigenvalue weighted by atomic mass is 10.1. The van der Waals surface area contributed by atoms with Crippen molar-refractivity contribution in [2.45, 2.75) is 51.4 Å². The molecular weight excluding hydrogens is 250 g/mol. The fourth-order valence-electron chi connectivity index (χ4n) is 1.89. The van der Waals surface area contributed by atoms with Crippen LogP contribution in [-0.2, 0) is 14.8 Å². The second-order valence-corrected chi connectivity index (χ2v) is 7.20. The summed E-state index contributed by atoms with van der Waals surface area (Å²) in [6.07, 6.45) is 2.52. The van der Waals surface area contributed by atoms with Gasteiger partial charge in [-0.1, -0.05) is 12.8 Å². The molecule has 0 N–H and O–H groups in total. The second kappa shape index (κ2) is 7.13. The molecule has 0 bridgehead atoms. The van der Waals surface area contributed by atoms with Gasteiger partial charge in [0.05, 0.1) is 11.4 Å². The maximum atomic E-state index is 12.0. The van der Waals surface area contributed by atoms with Crippen LogP contribution in [0.1, 0.15) is 40.0 Å². The first-order valence-electron chi connectivity index (χ1n) is 6.54. The molecule has 0 aliphatic carbocycles. The summed E-state index contributed by atoms with van der Waals surface area (Å²) in [7, 11) is -3.10. The Morgan fingerprint density at radius 3 is 2.39 bits per heavy atom. The summed E-state index contributed by atoms with van der Waals surface area (Å²) in [5.74, 6) is 5.89. The smallest absolute Gasteiger partial charge is 0.216 e. The van der Waals surface area contributed by atoms with Gasteiger partial charge in [-0.05, 0) is 26.7 Å². The van der Waals surface area contributed by atoms with Gasteiger partial charge in [-0.3, -0.25) is 0 Å². The summed E-state index contributed by atoms with van der Waals surface area (Å²) >= 11 is 0. The lowest BCUT2D eigenvalue weighted by Gasteiger charge is -2.31. The van der Waals surface area contributed by atoms with E-state index < -0.39 is 10.0 Å². The van der Waals surface area contributed by atoms with Crippen LogP contribution in [0.2, 0.25) is 0 Å². The van der Waals surface area contributed by atoms with Crippen LogP contribution in [0.4, 0.5) is 0 Å². The molecule has 1 fully saturated rings. The Hall–Kier alpha value is -0.570. The second-order valence-electron chi connectivity index (χ2n) is 4.71. The first-order chi connectivity index (χ1) is 8.48. The molecule has 4 nitrogen and oxygen atoms in total. The number of ether oxygens (including phenoxy) is 1. The third kappa shape index (κ3) is 4.27. The summed E-state index contributed by atoms with van der Waals surface area (Å²) in [6, 6.07) is 0. The lowest BCUT2D eigenvalue weighted by Crippen LogP contribution is -2.43. The summed E-state index contributed by atoms with van der Waals surface area (Å²) in [6.45, 7) is 7.02. The predicted octanol–water partition coefficient (Wildman–Crippen LogP) is 1.62. The molecule has 18 heavy (non-hydrogen) atoms. The van der Waals surface area contributed by atoms with Crippen molar-refractivity contribution in [2.24, 2.45) is 0 Å². The first-order valence-corrected chi connectivity index (χ1v) is 8.05. The third-order valence-electron chi connectivity index (χ3n) is 3.05. The van der Waals surface area contributed by atoms with Crippen LogP contribution in [0.5, 0.6) is 0 Å². The minimum Gasteiger partial charge on any atom is -0.365 e. The standard InChI is InChI=1S/C13H23NO3S/c1-4-5-6-11-17-13-7-9-14(10-8-13)18(15,16)12(2)3/h12-13H,4,7-11H2,1-3H3. The van der Waals surface area contributed by atoms with Gasteiger partial charge in [0, 0.05) is 19.5 Å². The van der Waals surface area contributed by atoms with Crippen molar-refractivity contribution in [3.05, 3.63) is 0 Å². The first kappa shape index (κ1) is 15.5. The van der Waals surface area contributed by atoms with Crippen LogP contribution in [0.25, 0.3) is 0 Å². The van der Waals surface area contributed by atoms with E-state index >= 15 is 0 Å². The highest BCUT2D eigenvalue weighted by atomic mass is 32.2. The molecular formula is C13H23NO3S. The van der Waals surface area contributed by atoms with E-state index in [1.165, 1.54) is 0 Å². The normalized spacial score (nSPS) is 18.7. The van der Waals surface area contributed by atoms with Crippen LogP contribution < -0.4 is 0 Å². The lowest BCUT2D eigenvalue weighted by molar-refractivity contribution is 0.0408. The molecule has 1 rings (SSSR count). The van der Waals surface area contributed by atoms with Crippen molar-refractivity contribution in [3.8, 4) is 11.8 Å². The summed E-state index contributed by atoms with van der Waals surface area (Å²) in [5, 5.41) is -0.342. The van der Waals surface area contributed by atoms with Gasteiger partial charge in [-0.2, -0.15) is 0 Å². The van der Waals surface area contributed by atoms with E-state index in [0.29, 0.717) is 19.7 Å². The van der Waals surface area contributed by atoms with E-state index in [0.717, 1.165) is 19.3 Å². The molecule has 0 saturated carbocycles. The molecule has 0 radical (unpaired) electrons. The molecule has 0 unspecified atom stereocenters. The van der Waals surface area contributed by atoms with Crippen molar-refractivity contribution >= 4 is 10.0 Å². The minimum absolute atomic E-state index is 0.148. The van der Waals surface area contributed by atoms with Crippen molar-refractivity contribution in [2.75, 3.05) is 19.7 Å². The molecule has 0 aromatic carbocycles. The van der Waals surface area contributed by atoms with Crippen LogP contribution >= 0.6 is 0 Å². The van der Waals surface area contributed by atoms with E-state index in [1.807, 2.05) is 6.92 Å². The van der Waals surface area contributed by atoms with Gasteiger partial charge < -0.3 is 4.74 Å². The molecule has 104 valence electrons. The van der Waals surface area contributed by atoms with Gasteiger partial charge in [-0.25, -0.2) is 12.7 Å². The highest BCUT2D eigenvalue weighted by Crippen LogP contribution is 2.18. The van der Waals surface area contributed by atoms with Gasteiger partial charge >= 0.3 is 0 Å².